The molecule has 0 aromatic rings. The number of carboxylic acids is 2. The minimum absolute atomic E-state index is 0.267. The van der Waals surface area contributed by atoms with Crippen LogP contribution in [0.15, 0.2) is 0 Å². The van der Waals surface area contributed by atoms with Crippen LogP contribution in [0.25, 0.3) is 0 Å². The number of rotatable bonds is 1. The minimum atomic E-state index is -0.833. The molecule has 17 heavy (non-hydrogen) atoms. The molecular weight excluding hydrogens is 228 g/mol. The monoisotopic (exact) mass is 250 g/mol. The lowest BCUT2D eigenvalue weighted by Crippen LogP contribution is -2.50. The number of aliphatic hydroxyl groups is 1. The van der Waals surface area contributed by atoms with Gasteiger partial charge in [0.1, 0.15) is 0 Å². The fraction of sp³-hybridized carbons (Fsp3) is 0.800. The van der Waals surface area contributed by atoms with E-state index in [2.05, 4.69) is 10.2 Å². The topological polar surface area (TPSA) is 110 Å². The molecule has 0 aromatic heterocycles. The quantitative estimate of drug-likeness (QED) is 0.475. The van der Waals surface area contributed by atoms with Gasteiger partial charge in [-0.15, -0.1) is 0 Å². The molecule has 1 saturated heterocycles. The summed E-state index contributed by atoms with van der Waals surface area (Å²) in [5, 5.41) is 26.8. The molecular formula is C10H22N2O5. The van der Waals surface area contributed by atoms with Gasteiger partial charge in [0.25, 0.3) is 11.9 Å². The number of hydrogen-bond donors (Lipinski definition) is 4. The van der Waals surface area contributed by atoms with Gasteiger partial charge in [-0.2, -0.15) is 0 Å². The number of aliphatic hydroxyl groups excluding tert-OH is 1. The van der Waals surface area contributed by atoms with E-state index in [-0.39, 0.29) is 6.61 Å². The van der Waals surface area contributed by atoms with Crippen LogP contribution in [0.5, 0.6) is 0 Å². The molecule has 1 aliphatic heterocycles. The molecule has 1 aliphatic rings. The van der Waals surface area contributed by atoms with Crippen LogP contribution in [0.3, 0.4) is 0 Å². The molecule has 1 rings (SSSR count). The molecule has 1 fully saturated rings. The van der Waals surface area contributed by atoms with Crippen LogP contribution in [0.2, 0.25) is 0 Å². The molecule has 1 atom stereocenters. The summed E-state index contributed by atoms with van der Waals surface area (Å²) in [4.78, 5) is 20.2. The highest BCUT2D eigenvalue weighted by molar-refractivity contribution is 5.63. The van der Waals surface area contributed by atoms with Crippen molar-refractivity contribution in [3.8, 4) is 0 Å². The lowest BCUT2D eigenvalue weighted by molar-refractivity contribution is -0.135. The first-order chi connectivity index (χ1) is 7.81. The van der Waals surface area contributed by atoms with E-state index >= 15 is 0 Å². The van der Waals surface area contributed by atoms with Crippen molar-refractivity contribution in [2.45, 2.75) is 19.9 Å². The van der Waals surface area contributed by atoms with Gasteiger partial charge in [-0.25, -0.2) is 0 Å². The van der Waals surface area contributed by atoms with Crippen LogP contribution in [-0.4, -0.2) is 71.5 Å². The van der Waals surface area contributed by atoms with Gasteiger partial charge in [-0.1, -0.05) is 0 Å². The number of nitrogens with zero attached hydrogens (tertiary/aromatic N) is 1. The summed E-state index contributed by atoms with van der Waals surface area (Å²) >= 11 is 0. The maximum absolute atomic E-state index is 9.00. The lowest BCUT2D eigenvalue weighted by atomic mass is 10.2. The second kappa shape index (κ2) is 11.3. The number of likely N-dealkylation sites (N-methyl/N-ethyl adjacent to an activating group) is 1. The number of hydrogen-bond acceptors (Lipinski definition) is 5. The van der Waals surface area contributed by atoms with Crippen molar-refractivity contribution in [3.63, 3.8) is 0 Å². The third-order valence-electron chi connectivity index (χ3n) is 1.86. The molecule has 0 amide bonds. The van der Waals surface area contributed by atoms with E-state index in [4.69, 9.17) is 24.9 Å². The predicted octanol–water partition coefficient (Wildman–Crippen LogP) is -0.936. The van der Waals surface area contributed by atoms with Crippen molar-refractivity contribution in [2.75, 3.05) is 33.3 Å². The van der Waals surface area contributed by atoms with Crippen molar-refractivity contribution in [2.24, 2.45) is 0 Å². The van der Waals surface area contributed by atoms with E-state index in [0.29, 0.717) is 6.04 Å². The molecule has 0 spiro atoms. The summed E-state index contributed by atoms with van der Waals surface area (Å²) in [5.41, 5.74) is 0. The smallest absolute Gasteiger partial charge is 0.300 e. The van der Waals surface area contributed by atoms with Gasteiger partial charge in [0.15, 0.2) is 0 Å². The zero-order chi connectivity index (χ0) is 13.8. The summed E-state index contributed by atoms with van der Waals surface area (Å²) in [5.74, 6) is -1.67. The van der Waals surface area contributed by atoms with E-state index in [9.17, 15) is 0 Å². The van der Waals surface area contributed by atoms with Crippen LogP contribution >= 0.6 is 0 Å². The second-order valence-electron chi connectivity index (χ2n) is 3.56. The summed E-state index contributed by atoms with van der Waals surface area (Å²) < 4.78 is 0. The maximum atomic E-state index is 9.00. The highest BCUT2D eigenvalue weighted by Gasteiger charge is 2.16. The number of carboxylic acid groups (broad SMARTS) is 2. The van der Waals surface area contributed by atoms with E-state index < -0.39 is 11.9 Å². The summed E-state index contributed by atoms with van der Waals surface area (Å²) in [7, 11) is 2.04. The maximum Gasteiger partial charge on any atom is 0.300 e. The van der Waals surface area contributed by atoms with Crippen LogP contribution in [0.1, 0.15) is 13.8 Å². The first kappa shape index (κ1) is 18.2. The molecule has 7 nitrogen and oxygen atoms in total. The average Bonchev–Trinajstić information content (AvgIpc) is 2.16. The third-order valence-corrected chi connectivity index (χ3v) is 1.86. The van der Waals surface area contributed by atoms with Crippen molar-refractivity contribution in [1.29, 1.82) is 0 Å². The first-order valence-corrected chi connectivity index (χ1v) is 5.22. The van der Waals surface area contributed by atoms with Crippen molar-refractivity contribution >= 4 is 11.9 Å². The standard InChI is InChI=1S/C6H14N2O.2C2H4O2/c1-8-3-2-7-4-6(8)5-9;2*1-2(3)4/h6-7,9H,2-5H2,1H3;2*1H3,(H,3,4). The van der Waals surface area contributed by atoms with E-state index in [1.54, 1.807) is 0 Å². The Bertz CT molecular complexity index is 203. The van der Waals surface area contributed by atoms with Crippen molar-refractivity contribution in [3.05, 3.63) is 0 Å². The molecule has 0 bridgehead atoms. The van der Waals surface area contributed by atoms with Crippen LogP contribution < -0.4 is 5.32 Å². The molecule has 1 unspecified atom stereocenters. The van der Waals surface area contributed by atoms with E-state index in [1.165, 1.54) is 0 Å². The average molecular weight is 250 g/mol. The van der Waals surface area contributed by atoms with E-state index in [0.717, 1.165) is 33.5 Å². The molecule has 1 heterocycles. The number of aliphatic carboxylic acids is 2. The number of carbonyl (C=O) groups is 2. The van der Waals surface area contributed by atoms with Gasteiger partial charge in [0, 0.05) is 39.5 Å². The Morgan fingerprint density at radius 1 is 1.29 bits per heavy atom. The minimum Gasteiger partial charge on any atom is -0.481 e. The highest BCUT2D eigenvalue weighted by Crippen LogP contribution is 1.96. The van der Waals surface area contributed by atoms with Gasteiger partial charge in [0.2, 0.25) is 0 Å². The second-order valence-corrected chi connectivity index (χ2v) is 3.56. The molecule has 0 aliphatic carbocycles. The summed E-state index contributed by atoms with van der Waals surface area (Å²) in [6.45, 7) is 5.45. The van der Waals surface area contributed by atoms with Crippen LogP contribution in [0.4, 0.5) is 0 Å². The van der Waals surface area contributed by atoms with Gasteiger partial charge in [0.05, 0.1) is 6.61 Å². The van der Waals surface area contributed by atoms with Gasteiger partial charge < -0.3 is 20.6 Å². The number of nitrogens with one attached hydrogen (secondary N) is 1. The number of piperazine rings is 1. The Hall–Kier alpha value is -1.18. The Morgan fingerprint density at radius 3 is 1.94 bits per heavy atom. The molecule has 4 N–H and O–H groups in total. The third kappa shape index (κ3) is 17.4. The van der Waals surface area contributed by atoms with Crippen LogP contribution in [-0.2, 0) is 9.59 Å². The fourth-order valence-electron chi connectivity index (χ4n) is 1.07. The largest absolute Gasteiger partial charge is 0.481 e. The molecule has 0 radical (unpaired) electrons. The Labute approximate surface area is 101 Å². The zero-order valence-corrected chi connectivity index (χ0v) is 10.5. The van der Waals surface area contributed by atoms with E-state index in [1.807, 2.05) is 7.05 Å². The lowest BCUT2D eigenvalue weighted by Gasteiger charge is -2.31. The predicted molar refractivity (Wildman–Crippen MR) is 63.0 cm³/mol. The fourth-order valence-corrected chi connectivity index (χ4v) is 1.07. The Balaban J connectivity index is 0. The van der Waals surface area contributed by atoms with Gasteiger partial charge in [-0.05, 0) is 7.05 Å². The molecule has 7 heteroatoms. The Morgan fingerprint density at radius 2 is 1.71 bits per heavy atom. The van der Waals surface area contributed by atoms with Gasteiger partial charge >= 0.3 is 0 Å². The van der Waals surface area contributed by atoms with Crippen molar-refractivity contribution in [1.82, 2.24) is 10.2 Å². The first-order valence-electron chi connectivity index (χ1n) is 5.22. The molecule has 0 aromatic carbocycles. The van der Waals surface area contributed by atoms with Crippen molar-refractivity contribution < 1.29 is 24.9 Å². The summed E-state index contributed by atoms with van der Waals surface area (Å²) in [6.07, 6.45) is 0. The molecule has 102 valence electrons. The highest BCUT2D eigenvalue weighted by atomic mass is 16.4. The Kier molecular flexibility index (Phi) is 12.1. The molecule has 0 saturated carbocycles. The SMILES string of the molecule is CC(=O)O.CC(=O)O.CN1CCNCC1CO. The normalized spacial score (nSPS) is 19.2. The van der Waals surface area contributed by atoms with Gasteiger partial charge in [-0.3, -0.25) is 14.5 Å². The van der Waals surface area contributed by atoms with Crippen LogP contribution in [0, 0.1) is 0 Å². The zero-order valence-electron chi connectivity index (χ0n) is 10.5. The summed E-state index contributed by atoms with van der Waals surface area (Å²) in [6, 6.07) is 0.332.